The fraction of sp³-hybridized carbons (Fsp3) is 0.273. The third kappa shape index (κ3) is 4.46. The summed E-state index contributed by atoms with van der Waals surface area (Å²) >= 11 is 1.72. The second-order valence-corrected chi connectivity index (χ2v) is 8.38. The quantitative estimate of drug-likeness (QED) is 0.625. The van der Waals surface area contributed by atoms with Crippen LogP contribution in [0, 0.1) is 0 Å². The SMILES string of the molecule is CC(=O)Nc1ccc(SN2CC3=C(C2)CN(C(=O)Cc2ccccc2)C3)cc1. The second kappa shape index (κ2) is 8.20. The van der Waals surface area contributed by atoms with Gasteiger partial charge in [0.15, 0.2) is 0 Å². The Kier molecular flexibility index (Phi) is 5.50. The van der Waals surface area contributed by atoms with Gasteiger partial charge in [0.05, 0.1) is 6.42 Å². The Bertz CT molecular complexity index is 891. The van der Waals surface area contributed by atoms with E-state index in [0.717, 1.165) is 42.3 Å². The topological polar surface area (TPSA) is 52.7 Å². The zero-order valence-electron chi connectivity index (χ0n) is 15.9. The molecule has 2 aliphatic rings. The molecule has 0 fully saturated rings. The Morgan fingerprint density at radius 3 is 2.18 bits per heavy atom. The molecule has 0 aromatic heterocycles. The first-order valence-electron chi connectivity index (χ1n) is 9.39. The van der Waals surface area contributed by atoms with Gasteiger partial charge < -0.3 is 10.2 Å². The van der Waals surface area contributed by atoms with Crippen molar-refractivity contribution in [3.05, 3.63) is 71.3 Å². The lowest BCUT2D eigenvalue weighted by Crippen LogP contribution is -2.33. The van der Waals surface area contributed by atoms with Gasteiger partial charge in [0.1, 0.15) is 0 Å². The molecule has 2 aromatic carbocycles. The number of nitrogens with one attached hydrogen (secondary N) is 1. The number of hydrogen-bond donors (Lipinski definition) is 1. The number of hydrogen-bond acceptors (Lipinski definition) is 4. The summed E-state index contributed by atoms with van der Waals surface area (Å²) in [7, 11) is 0. The maximum Gasteiger partial charge on any atom is 0.227 e. The van der Waals surface area contributed by atoms with Crippen LogP contribution in [0.5, 0.6) is 0 Å². The van der Waals surface area contributed by atoms with Crippen molar-refractivity contribution >= 4 is 29.4 Å². The summed E-state index contributed by atoms with van der Waals surface area (Å²) in [6.07, 6.45) is 0.473. The monoisotopic (exact) mass is 393 g/mol. The first kappa shape index (κ1) is 18.8. The summed E-state index contributed by atoms with van der Waals surface area (Å²) in [5, 5.41) is 2.78. The van der Waals surface area contributed by atoms with Crippen LogP contribution in [-0.2, 0) is 16.0 Å². The first-order valence-corrected chi connectivity index (χ1v) is 10.2. The van der Waals surface area contributed by atoms with Crippen LogP contribution in [0.1, 0.15) is 12.5 Å². The second-order valence-electron chi connectivity index (χ2n) is 7.21. The van der Waals surface area contributed by atoms with E-state index in [0.29, 0.717) is 6.42 Å². The van der Waals surface area contributed by atoms with Crippen LogP contribution < -0.4 is 5.32 Å². The number of rotatable bonds is 5. The van der Waals surface area contributed by atoms with E-state index in [1.165, 1.54) is 18.1 Å². The zero-order valence-corrected chi connectivity index (χ0v) is 16.7. The Balaban J connectivity index is 1.27. The molecule has 0 bridgehead atoms. The minimum atomic E-state index is -0.0630. The van der Waals surface area contributed by atoms with Gasteiger partial charge in [-0.05, 0) is 52.9 Å². The molecule has 2 aliphatic heterocycles. The summed E-state index contributed by atoms with van der Waals surface area (Å²) in [6.45, 7) is 4.79. The Morgan fingerprint density at radius 1 is 0.929 bits per heavy atom. The van der Waals surface area contributed by atoms with Crippen molar-refractivity contribution in [2.24, 2.45) is 0 Å². The lowest BCUT2D eigenvalue weighted by molar-refractivity contribution is -0.129. The summed E-state index contributed by atoms with van der Waals surface area (Å²) < 4.78 is 2.33. The Morgan fingerprint density at radius 2 is 1.57 bits per heavy atom. The molecule has 6 heteroatoms. The third-order valence-corrected chi connectivity index (χ3v) is 5.96. The first-order chi connectivity index (χ1) is 13.6. The fourth-order valence-electron chi connectivity index (χ4n) is 3.62. The van der Waals surface area contributed by atoms with Crippen LogP contribution in [-0.4, -0.2) is 47.2 Å². The lowest BCUT2D eigenvalue weighted by atomic mass is 10.1. The van der Waals surface area contributed by atoms with Crippen molar-refractivity contribution in [2.75, 3.05) is 31.5 Å². The summed E-state index contributed by atoms with van der Waals surface area (Å²) in [5.41, 5.74) is 4.64. The van der Waals surface area contributed by atoms with E-state index in [2.05, 4.69) is 9.62 Å². The van der Waals surface area contributed by atoms with Gasteiger partial charge in [0.25, 0.3) is 0 Å². The van der Waals surface area contributed by atoms with Crippen molar-refractivity contribution < 1.29 is 9.59 Å². The molecule has 0 saturated heterocycles. The molecular formula is C22H23N3O2S. The van der Waals surface area contributed by atoms with Crippen LogP contribution in [0.25, 0.3) is 0 Å². The van der Waals surface area contributed by atoms with Gasteiger partial charge in [-0.3, -0.25) is 9.59 Å². The van der Waals surface area contributed by atoms with Gasteiger partial charge >= 0.3 is 0 Å². The van der Waals surface area contributed by atoms with Gasteiger partial charge in [-0.15, -0.1) is 0 Å². The average Bonchev–Trinajstić information content (AvgIpc) is 3.22. The van der Waals surface area contributed by atoms with E-state index in [9.17, 15) is 9.59 Å². The highest BCUT2D eigenvalue weighted by molar-refractivity contribution is 7.97. The van der Waals surface area contributed by atoms with Crippen molar-refractivity contribution in [1.29, 1.82) is 0 Å². The molecule has 0 atom stereocenters. The maximum absolute atomic E-state index is 12.6. The maximum atomic E-state index is 12.6. The van der Waals surface area contributed by atoms with Crippen molar-refractivity contribution in [1.82, 2.24) is 9.21 Å². The third-order valence-electron chi connectivity index (χ3n) is 4.96. The van der Waals surface area contributed by atoms with Crippen LogP contribution in [0.3, 0.4) is 0 Å². The van der Waals surface area contributed by atoms with E-state index in [4.69, 9.17) is 0 Å². The highest BCUT2D eigenvalue weighted by atomic mass is 32.2. The molecule has 0 aliphatic carbocycles. The van der Waals surface area contributed by atoms with Crippen molar-refractivity contribution in [2.45, 2.75) is 18.2 Å². The molecule has 0 saturated carbocycles. The molecule has 2 amide bonds. The summed E-state index contributed by atoms with van der Waals surface area (Å²) in [4.78, 5) is 26.8. The van der Waals surface area contributed by atoms with Crippen LogP contribution in [0.2, 0.25) is 0 Å². The van der Waals surface area contributed by atoms with Gasteiger partial charge in [-0.2, -0.15) is 0 Å². The smallest absolute Gasteiger partial charge is 0.227 e. The van der Waals surface area contributed by atoms with E-state index in [1.807, 2.05) is 59.5 Å². The van der Waals surface area contributed by atoms with Crippen molar-refractivity contribution in [3.63, 3.8) is 0 Å². The van der Waals surface area contributed by atoms with E-state index < -0.39 is 0 Å². The largest absolute Gasteiger partial charge is 0.334 e. The predicted octanol–water partition coefficient (Wildman–Crippen LogP) is 3.35. The molecule has 28 heavy (non-hydrogen) atoms. The highest BCUT2D eigenvalue weighted by Crippen LogP contribution is 2.33. The van der Waals surface area contributed by atoms with E-state index in [1.54, 1.807) is 11.9 Å². The normalized spacial score (nSPS) is 16.4. The number of nitrogens with zero attached hydrogens (tertiary/aromatic N) is 2. The minimum absolute atomic E-state index is 0.0630. The zero-order chi connectivity index (χ0) is 19.5. The number of benzene rings is 2. The number of carbonyl (C=O) groups is 2. The predicted molar refractivity (Wildman–Crippen MR) is 112 cm³/mol. The number of carbonyl (C=O) groups excluding carboxylic acids is 2. The Hall–Kier alpha value is -2.57. The van der Waals surface area contributed by atoms with Crippen LogP contribution in [0.4, 0.5) is 5.69 Å². The van der Waals surface area contributed by atoms with Crippen LogP contribution in [0.15, 0.2) is 70.6 Å². The standard InChI is InChI=1S/C22H23N3O2S/c1-16(26)23-20-7-9-21(10-8-20)28-25-14-18-12-24(13-19(18)15-25)22(27)11-17-5-3-2-4-6-17/h2-10H,11-15H2,1H3,(H,23,26). The van der Waals surface area contributed by atoms with Gasteiger partial charge in [0, 0.05) is 43.7 Å². The number of anilines is 1. The number of amides is 2. The lowest BCUT2D eigenvalue weighted by Gasteiger charge is -2.22. The Labute approximate surface area is 169 Å². The average molecular weight is 394 g/mol. The van der Waals surface area contributed by atoms with Crippen molar-refractivity contribution in [3.8, 4) is 0 Å². The molecule has 0 unspecified atom stereocenters. The van der Waals surface area contributed by atoms with Crippen LogP contribution >= 0.6 is 11.9 Å². The van der Waals surface area contributed by atoms with Gasteiger partial charge in [0.2, 0.25) is 11.8 Å². The molecule has 2 heterocycles. The molecule has 0 radical (unpaired) electrons. The molecular weight excluding hydrogens is 370 g/mol. The van der Waals surface area contributed by atoms with E-state index in [-0.39, 0.29) is 11.8 Å². The molecule has 144 valence electrons. The molecule has 0 spiro atoms. The van der Waals surface area contributed by atoms with Gasteiger partial charge in [-0.25, -0.2) is 4.31 Å². The summed E-state index contributed by atoms with van der Waals surface area (Å²) in [5.74, 6) is 0.139. The molecule has 1 N–H and O–H groups in total. The summed E-state index contributed by atoms with van der Waals surface area (Å²) in [6, 6.07) is 17.8. The highest BCUT2D eigenvalue weighted by Gasteiger charge is 2.32. The van der Waals surface area contributed by atoms with Gasteiger partial charge in [-0.1, -0.05) is 30.3 Å². The molecule has 2 aromatic rings. The fourth-order valence-corrected chi connectivity index (χ4v) is 4.62. The molecule has 4 rings (SSSR count). The van der Waals surface area contributed by atoms with E-state index >= 15 is 0 Å². The minimum Gasteiger partial charge on any atom is -0.334 e. The molecule has 5 nitrogen and oxygen atoms in total.